The molecule has 3 aliphatic rings. The molecule has 0 aromatic rings. The zero-order chi connectivity index (χ0) is 20.1. The van der Waals surface area contributed by atoms with E-state index in [0.717, 1.165) is 0 Å². The first-order chi connectivity index (χ1) is 12.6. The van der Waals surface area contributed by atoms with E-state index in [1.165, 1.54) is 0 Å². The highest BCUT2D eigenvalue weighted by Crippen LogP contribution is 2.44. The molecule has 7 heteroatoms. The summed E-state index contributed by atoms with van der Waals surface area (Å²) in [5.74, 6) is -1.77. The van der Waals surface area contributed by atoms with Gasteiger partial charge in [-0.1, -0.05) is 12.7 Å². The molecular formula is C20H26O7. The molecule has 7 atom stereocenters. The number of carbonyl (C=O) groups is 2. The van der Waals surface area contributed by atoms with E-state index < -0.39 is 54.0 Å². The van der Waals surface area contributed by atoms with Gasteiger partial charge in [0.1, 0.15) is 30.5 Å². The van der Waals surface area contributed by atoms with Crippen molar-refractivity contribution < 1.29 is 34.0 Å². The standard InChI is InChI=1S/C20H26O7/c1-6-9(2)18(22)26-13-8-20(5,24)17-16(27-17)15(21)10(3)7-12-14(13)11(4)19(23)25-12/h6-7,12-17,21,24H,4,8H2,1-3,5H3/b9-6-,10-7-/t12-,13+,14-,15+,16+,17+,20+/m0/s1. The van der Waals surface area contributed by atoms with Gasteiger partial charge in [0.15, 0.2) is 0 Å². The van der Waals surface area contributed by atoms with Crippen LogP contribution in [0.5, 0.6) is 0 Å². The van der Waals surface area contributed by atoms with Gasteiger partial charge in [0.2, 0.25) is 0 Å². The highest BCUT2D eigenvalue weighted by molar-refractivity contribution is 5.92. The van der Waals surface area contributed by atoms with Gasteiger partial charge in [-0.3, -0.25) is 0 Å². The minimum atomic E-state index is -1.37. The van der Waals surface area contributed by atoms with Crippen LogP contribution < -0.4 is 0 Å². The molecule has 1 aliphatic carbocycles. The van der Waals surface area contributed by atoms with Crippen LogP contribution in [0.25, 0.3) is 0 Å². The molecule has 0 aromatic carbocycles. The molecule has 3 rings (SSSR count). The molecule has 0 aromatic heterocycles. The molecule has 2 heterocycles. The third kappa shape index (κ3) is 3.59. The highest BCUT2D eigenvalue weighted by Gasteiger charge is 2.58. The number of carbonyl (C=O) groups excluding carboxylic acids is 2. The van der Waals surface area contributed by atoms with E-state index in [1.807, 2.05) is 0 Å². The van der Waals surface area contributed by atoms with Crippen molar-refractivity contribution in [1.82, 2.24) is 0 Å². The van der Waals surface area contributed by atoms with Gasteiger partial charge in [-0.15, -0.1) is 0 Å². The predicted molar refractivity (Wildman–Crippen MR) is 95.5 cm³/mol. The second-order valence-corrected chi connectivity index (χ2v) is 7.77. The quantitative estimate of drug-likeness (QED) is 0.322. The molecule has 0 spiro atoms. The second-order valence-electron chi connectivity index (χ2n) is 7.77. The maximum atomic E-state index is 12.4. The molecule has 2 N–H and O–H groups in total. The Morgan fingerprint density at radius 3 is 2.78 bits per heavy atom. The number of hydrogen-bond donors (Lipinski definition) is 2. The maximum absolute atomic E-state index is 12.4. The fourth-order valence-electron chi connectivity index (χ4n) is 3.78. The summed E-state index contributed by atoms with van der Waals surface area (Å²) in [4.78, 5) is 24.5. The lowest BCUT2D eigenvalue weighted by atomic mass is 9.80. The minimum Gasteiger partial charge on any atom is -0.458 e. The predicted octanol–water partition coefficient (Wildman–Crippen LogP) is 1.19. The van der Waals surface area contributed by atoms with Crippen molar-refractivity contribution in [3.63, 3.8) is 0 Å². The van der Waals surface area contributed by atoms with Crippen molar-refractivity contribution in [3.05, 3.63) is 35.5 Å². The summed E-state index contributed by atoms with van der Waals surface area (Å²) in [6.07, 6.45) is -0.349. The lowest BCUT2D eigenvalue weighted by Crippen LogP contribution is -2.45. The van der Waals surface area contributed by atoms with Crippen molar-refractivity contribution in [1.29, 1.82) is 0 Å². The number of allylic oxidation sites excluding steroid dienone is 1. The minimum absolute atomic E-state index is 0.0212. The summed E-state index contributed by atoms with van der Waals surface area (Å²) >= 11 is 0. The van der Waals surface area contributed by atoms with Gasteiger partial charge in [-0.05, 0) is 39.3 Å². The number of rotatable bonds is 2. The zero-order valence-corrected chi connectivity index (χ0v) is 16.0. The van der Waals surface area contributed by atoms with E-state index in [1.54, 1.807) is 39.8 Å². The number of aliphatic hydroxyl groups excluding tert-OH is 1. The molecule has 0 saturated carbocycles. The summed E-state index contributed by atoms with van der Waals surface area (Å²) in [5, 5.41) is 21.4. The van der Waals surface area contributed by atoms with E-state index in [9.17, 15) is 19.8 Å². The maximum Gasteiger partial charge on any atom is 0.334 e. The Morgan fingerprint density at radius 2 is 2.15 bits per heavy atom. The number of epoxide rings is 1. The van der Waals surface area contributed by atoms with E-state index in [-0.39, 0.29) is 12.0 Å². The van der Waals surface area contributed by atoms with Crippen LogP contribution in [-0.2, 0) is 23.8 Å². The summed E-state index contributed by atoms with van der Waals surface area (Å²) in [6, 6.07) is 0. The molecule has 2 aliphatic heterocycles. The first-order valence-electron chi connectivity index (χ1n) is 9.04. The van der Waals surface area contributed by atoms with E-state index in [4.69, 9.17) is 14.2 Å². The Labute approximate surface area is 158 Å². The van der Waals surface area contributed by atoms with Crippen molar-refractivity contribution >= 4 is 11.9 Å². The van der Waals surface area contributed by atoms with E-state index in [0.29, 0.717) is 11.1 Å². The van der Waals surface area contributed by atoms with Crippen molar-refractivity contribution in [2.45, 2.75) is 70.2 Å². The summed E-state index contributed by atoms with van der Waals surface area (Å²) < 4.78 is 16.6. The molecule has 2 saturated heterocycles. The summed E-state index contributed by atoms with van der Waals surface area (Å²) in [7, 11) is 0. The molecule has 0 unspecified atom stereocenters. The number of fused-ring (bicyclic) bond motifs is 2. The van der Waals surface area contributed by atoms with Gasteiger partial charge in [0, 0.05) is 17.6 Å². The average molecular weight is 378 g/mol. The fraction of sp³-hybridized carbons (Fsp3) is 0.600. The molecular weight excluding hydrogens is 352 g/mol. The Kier molecular flexibility index (Phi) is 5.05. The fourth-order valence-corrected chi connectivity index (χ4v) is 3.78. The number of esters is 2. The van der Waals surface area contributed by atoms with Crippen LogP contribution in [0.15, 0.2) is 35.5 Å². The number of aliphatic hydroxyl groups is 2. The Hall–Kier alpha value is -1.96. The molecule has 0 bridgehead atoms. The van der Waals surface area contributed by atoms with Gasteiger partial charge < -0.3 is 24.4 Å². The molecule has 7 nitrogen and oxygen atoms in total. The van der Waals surface area contributed by atoms with E-state index in [2.05, 4.69) is 6.58 Å². The smallest absolute Gasteiger partial charge is 0.334 e. The van der Waals surface area contributed by atoms with Gasteiger partial charge in [-0.2, -0.15) is 0 Å². The van der Waals surface area contributed by atoms with Gasteiger partial charge in [0.25, 0.3) is 0 Å². The molecule has 2 fully saturated rings. The van der Waals surface area contributed by atoms with Gasteiger partial charge in [0.05, 0.1) is 11.5 Å². The normalized spacial score (nSPS) is 43.8. The molecule has 27 heavy (non-hydrogen) atoms. The van der Waals surface area contributed by atoms with Gasteiger partial charge >= 0.3 is 11.9 Å². The van der Waals surface area contributed by atoms with Crippen LogP contribution in [-0.4, -0.2) is 58.3 Å². The topological polar surface area (TPSA) is 106 Å². The molecule has 0 radical (unpaired) electrons. The number of hydrogen-bond acceptors (Lipinski definition) is 7. The largest absolute Gasteiger partial charge is 0.458 e. The van der Waals surface area contributed by atoms with Crippen LogP contribution in [0.3, 0.4) is 0 Å². The van der Waals surface area contributed by atoms with Crippen LogP contribution in [0.4, 0.5) is 0 Å². The lowest BCUT2D eigenvalue weighted by Gasteiger charge is -2.33. The van der Waals surface area contributed by atoms with Gasteiger partial charge in [-0.25, -0.2) is 9.59 Å². The monoisotopic (exact) mass is 378 g/mol. The Morgan fingerprint density at radius 1 is 1.48 bits per heavy atom. The van der Waals surface area contributed by atoms with Crippen LogP contribution >= 0.6 is 0 Å². The first-order valence-corrected chi connectivity index (χ1v) is 9.04. The third-order valence-electron chi connectivity index (χ3n) is 5.63. The summed E-state index contributed by atoms with van der Waals surface area (Å²) in [5.41, 5.74) is -0.206. The van der Waals surface area contributed by atoms with E-state index >= 15 is 0 Å². The van der Waals surface area contributed by atoms with Crippen LogP contribution in [0.1, 0.15) is 34.1 Å². The van der Waals surface area contributed by atoms with Crippen molar-refractivity contribution in [2.75, 3.05) is 0 Å². The van der Waals surface area contributed by atoms with Crippen molar-refractivity contribution in [2.24, 2.45) is 5.92 Å². The third-order valence-corrected chi connectivity index (χ3v) is 5.63. The SMILES string of the molecule is C=C1C(=O)O[C@H]2/C=C(/C)[C@@H](O)[C@H]3O[C@H]3[C@](C)(O)C[C@@H](OC(=O)/C(C)=C\C)[C@@H]12. The summed E-state index contributed by atoms with van der Waals surface area (Å²) in [6.45, 7) is 10.4. The highest BCUT2D eigenvalue weighted by atomic mass is 16.6. The van der Waals surface area contributed by atoms with Crippen LogP contribution in [0.2, 0.25) is 0 Å². The molecule has 148 valence electrons. The Bertz CT molecular complexity index is 733. The van der Waals surface area contributed by atoms with Crippen molar-refractivity contribution in [3.8, 4) is 0 Å². The zero-order valence-electron chi connectivity index (χ0n) is 16.0. The number of ether oxygens (including phenoxy) is 3. The lowest BCUT2D eigenvalue weighted by molar-refractivity contribution is -0.151. The van der Waals surface area contributed by atoms with Crippen LogP contribution in [0, 0.1) is 5.92 Å². The molecule has 0 amide bonds. The average Bonchev–Trinajstić information content (AvgIpc) is 3.35. The first kappa shape index (κ1) is 19.8. The Balaban J connectivity index is 2.01. The second kappa shape index (κ2) is 6.89.